The summed E-state index contributed by atoms with van der Waals surface area (Å²) < 4.78 is 6.14. The Bertz CT molecular complexity index is 914. The van der Waals surface area contributed by atoms with Crippen LogP contribution < -0.4 is 4.74 Å². The van der Waals surface area contributed by atoms with E-state index in [1.807, 2.05) is 18.2 Å². The van der Waals surface area contributed by atoms with Crippen LogP contribution in [-0.4, -0.2) is 31.6 Å². The molecule has 0 saturated carbocycles. The molecular formula is C24H26ClNOS. The first-order chi connectivity index (χ1) is 13.7. The molecule has 0 N–H and O–H groups in total. The van der Waals surface area contributed by atoms with Crippen LogP contribution in [0.5, 0.6) is 5.75 Å². The third-order valence-corrected chi connectivity index (χ3v) is 6.69. The molecular weight excluding hydrogens is 386 g/mol. The van der Waals surface area contributed by atoms with E-state index in [4.69, 9.17) is 16.3 Å². The van der Waals surface area contributed by atoms with Crippen molar-refractivity contribution in [3.8, 4) is 16.2 Å². The topological polar surface area (TPSA) is 12.5 Å². The number of hydrogen-bond donors (Lipinski definition) is 0. The van der Waals surface area contributed by atoms with Crippen LogP contribution >= 0.6 is 22.9 Å². The van der Waals surface area contributed by atoms with E-state index in [1.165, 1.54) is 47.5 Å². The van der Waals surface area contributed by atoms with Gasteiger partial charge in [0, 0.05) is 9.90 Å². The van der Waals surface area contributed by atoms with Crippen molar-refractivity contribution >= 4 is 22.9 Å². The summed E-state index contributed by atoms with van der Waals surface area (Å²) in [5.41, 5.74) is 3.80. The van der Waals surface area contributed by atoms with E-state index >= 15 is 0 Å². The molecule has 1 saturated heterocycles. The van der Waals surface area contributed by atoms with E-state index in [1.54, 1.807) is 11.3 Å². The lowest BCUT2D eigenvalue weighted by Crippen LogP contribution is -2.32. The highest BCUT2D eigenvalue weighted by Crippen LogP contribution is 2.33. The first-order valence-electron chi connectivity index (χ1n) is 9.90. The Morgan fingerprint density at radius 3 is 2.71 bits per heavy atom. The molecule has 0 radical (unpaired) electrons. The standard InChI is InChI=1S/C24H26ClNOS/c1-26-11-8-18(9-12-26)17-27-23-7-2-4-19(15-23)14-21-10-13-28-24(21)20-5-3-6-22(25)16-20/h2-7,10,13,15-16,18H,8-9,11-12,14,17H2,1H3. The van der Waals surface area contributed by atoms with Gasteiger partial charge in [-0.3, -0.25) is 0 Å². The zero-order valence-electron chi connectivity index (χ0n) is 16.2. The Morgan fingerprint density at radius 1 is 1.07 bits per heavy atom. The van der Waals surface area contributed by atoms with Gasteiger partial charge in [-0.15, -0.1) is 11.3 Å². The van der Waals surface area contributed by atoms with Crippen molar-refractivity contribution < 1.29 is 4.74 Å². The molecule has 1 aromatic heterocycles. The fourth-order valence-electron chi connectivity index (χ4n) is 3.77. The van der Waals surface area contributed by atoms with Crippen molar-refractivity contribution in [3.63, 3.8) is 0 Å². The van der Waals surface area contributed by atoms with Gasteiger partial charge < -0.3 is 9.64 Å². The van der Waals surface area contributed by atoms with E-state index in [0.29, 0.717) is 5.92 Å². The second kappa shape index (κ2) is 9.13. The summed E-state index contributed by atoms with van der Waals surface area (Å²) in [6, 6.07) is 18.9. The minimum atomic E-state index is 0.672. The van der Waals surface area contributed by atoms with Gasteiger partial charge in [0.15, 0.2) is 0 Å². The molecule has 146 valence electrons. The predicted molar refractivity (Wildman–Crippen MR) is 120 cm³/mol. The van der Waals surface area contributed by atoms with E-state index in [0.717, 1.165) is 23.8 Å². The molecule has 2 aromatic carbocycles. The summed E-state index contributed by atoms with van der Waals surface area (Å²) in [6.45, 7) is 3.18. The minimum absolute atomic E-state index is 0.672. The molecule has 0 atom stereocenters. The van der Waals surface area contributed by atoms with Crippen LogP contribution in [0, 0.1) is 5.92 Å². The highest BCUT2D eigenvalue weighted by atomic mass is 35.5. The molecule has 1 aliphatic heterocycles. The Labute approximate surface area is 176 Å². The van der Waals surface area contributed by atoms with Crippen LogP contribution in [0.15, 0.2) is 60.0 Å². The first kappa shape index (κ1) is 19.5. The maximum Gasteiger partial charge on any atom is 0.119 e. The number of benzene rings is 2. The number of likely N-dealkylation sites (tertiary alicyclic amines) is 1. The summed E-state index contributed by atoms with van der Waals surface area (Å²) in [5.74, 6) is 1.65. The molecule has 2 nitrogen and oxygen atoms in total. The lowest BCUT2D eigenvalue weighted by atomic mass is 9.98. The molecule has 0 bridgehead atoms. The number of ether oxygens (including phenoxy) is 1. The molecule has 0 aliphatic carbocycles. The highest BCUT2D eigenvalue weighted by Gasteiger charge is 2.17. The molecule has 3 aromatic rings. The van der Waals surface area contributed by atoms with Gasteiger partial charge in [0.25, 0.3) is 0 Å². The van der Waals surface area contributed by atoms with Crippen molar-refractivity contribution in [2.24, 2.45) is 5.92 Å². The normalized spacial score (nSPS) is 15.6. The Balaban J connectivity index is 1.42. The lowest BCUT2D eigenvalue weighted by molar-refractivity contribution is 0.160. The summed E-state index contributed by atoms with van der Waals surface area (Å²) in [7, 11) is 2.20. The van der Waals surface area contributed by atoms with Gasteiger partial charge in [-0.2, -0.15) is 0 Å². The fourth-order valence-corrected chi connectivity index (χ4v) is 4.88. The molecule has 2 heterocycles. The van der Waals surface area contributed by atoms with Gasteiger partial charge in [-0.05, 0) is 97.7 Å². The molecule has 4 rings (SSSR count). The molecule has 28 heavy (non-hydrogen) atoms. The molecule has 0 spiro atoms. The predicted octanol–water partition coefficient (Wildman–Crippen LogP) is 6.38. The molecule has 0 amide bonds. The van der Waals surface area contributed by atoms with E-state index < -0.39 is 0 Å². The van der Waals surface area contributed by atoms with E-state index in [-0.39, 0.29) is 0 Å². The van der Waals surface area contributed by atoms with Crippen LogP contribution in [0.3, 0.4) is 0 Å². The molecule has 1 fully saturated rings. The SMILES string of the molecule is CN1CCC(COc2cccc(Cc3ccsc3-c3cccc(Cl)c3)c2)CC1. The highest BCUT2D eigenvalue weighted by molar-refractivity contribution is 7.13. The second-order valence-electron chi connectivity index (χ2n) is 7.67. The van der Waals surface area contributed by atoms with Crippen molar-refractivity contribution in [3.05, 3.63) is 76.1 Å². The van der Waals surface area contributed by atoms with Crippen molar-refractivity contribution in [2.45, 2.75) is 19.3 Å². The Morgan fingerprint density at radius 2 is 1.89 bits per heavy atom. The second-order valence-corrected chi connectivity index (χ2v) is 9.02. The maximum atomic E-state index is 6.19. The third kappa shape index (κ3) is 4.96. The van der Waals surface area contributed by atoms with E-state index in [9.17, 15) is 0 Å². The summed E-state index contributed by atoms with van der Waals surface area (Å²) in [6.07, 6.45) is 3.36. The smallest absolute Gasteiger partial charge is 0.119 e. The number of thiophene rings is 1. The van der Waals surface area contributed by atoms with Crippen LogP contribution in [0.2, 0.25) is 5.02 Å². The zero-order valence-corrected chi connectivity index (χ0v) is 17.8. The van der Waals surface area contributed by atoms with Crippen LogP contribution in [-0.2, 0) is 6.42 Å². The lowest BCUT2D eigenvalue weighted by Gasteiger charge is -2.28. The quantitative estimate of drug-likeness (QED) is 0.466. The fraction of sp³-hybridized carbons (Fsp3) is 0.333. The monoisotopic (exact) mass is 411 g/mol. The average molecular weight is 412 g/mol. The summed E-state index contributed by atoms with van der Waals surface area (Å²) in [4.78, 5) is 3.69. The summed E-state index contributed by atoms with van der Waals surface area (Å²) in [5, 5.41) is 2.94. The van der Waals surface area contributed by atoms with Gasteiger partial charge in [0.2, 0.25) is 0 Å². The number of piperidine rings is 1. The zero-order chi connectivity index (χ0) is 19.3. The van der Waals surface area contributed by atoms with Crippen LogP contribution in [0.25, 0.3) is 10.4 Å². The third-order valence-electron chi connectivity index (χ3n) is 5.45. The van der Waals surface area contributed by atoms with Gasteiger partial charge in [0.05, 0.1) is 6.61 Å². The maximum absolute atomic E-state index is 6.19. The summed E-state index contributed by atoms with van der Waals surface area (Å²) >= 11 is 7.96. The number of hydrogen-bond acceptors (Lipinski definition) is 3. The van der Waals surface area contributed by atoms with Gasteiger partial charge in [-0.1, -0.05) is 35.9 Å². The van der Waals surface area contributed by atoms with Gasteiger partial charge in [0.1, 0.15) is 5.75 Å². The van der Waals surface area contributed by atoms with Crippen LogP contribution in [0.1, 0.15) is 24.0 Å². The molecule has 1 aliphatic rings. The number of rotatable bonds is 6. The first-order valence-corrected chi connectivity index (χ1v) is 11.2. The minimum Gasteiger partial charge on any atom is -0.493 e. The number of nitrogens with zero attached hydrogens (tertiary/aromatic N) is 1. The average Bonchev–Trinajstić information content (AvgIpc) is 3.16. The number of halogens is 1. The van der Waals surface area contributed by atoms with Crippen molar-refractivity contribution in [1.82, 2.24) is 4.90 Å². The molecule has 4 heteroatoms. The van der Waals surface area contributed by atoms with Gasteiger partial charge in [-0.25, -0.2) is 0 Å². The Hall–Kier alpha value is -1.81. The van der Waals surface area contributed by atoms with Crippen molar-refractivity contribution in [1.29, 1.82) is 0 Å². The largest absolute Gasteiger partial charge is 0.493 e. The van der Waals surface area contributed by atoms with Crippen LogP contribution in [0.4, 0.5) is 0 Å². The van der Waals surface area contributed by atoms with Gasteiger partial charge >= 0.3 is 0 Å². The van der Waals surface area contributed by atoms with Crippen molar-refractivity contribution in [2.75, 3.05) is 26.7 Å². The van der Waals surface area contributed by atoms with E-state index in [2.05, 4.69) is 53.7 Å². The molecule has 0 unspecified atom stereocenters. The Kier molecular flexibility index (Phi) is 6.36.